The Balaban J connectivity index is 1.63. The van der Waals surface area contributed by atoms with Gasteiger partial charge in [-0.3, -0.25) is 0 Å². The molecule has 1 heteroatoms. The molecule has 21 heavy (non-hydrogen) atoms. The van der Waals surface area contributed by atoms with Gasteiger partial charge in [0.25, 0.3) is 0 Å². The van der Waals surface area contributed by atoms with Crippen LogP contribution in [0.2, 0.25) is 0 Å². The van der Waals surface area contributed by atoms with Gasteiger partial charge in [0.15, 0.2) is 0 Å². The molecule has 1 aliphatic carbocycles. The largest absolute Gasteiger partial charge is 0.315 e. The maximum atomic E-state index is 3.49. The predicted octanol–water partition coefficient (Wildman–Crippen LogP) is 3.57. The van der Waals surface area contributed by atoms with Crippen LogP contribution in [-0.2, 0) is 24.7 Å². The van der Waals surface area contributed by atoms with Crippen molar-refractivity contribution in [2.75, 3.05) is 13.1 Å². The molecule has 1 heterocycles. The van der Waals surface area contributed by atoms with Crippen molar-refractivity contribution in [1.82, 2.24) is 5.32 Å². The highest BCUT2D eigenvalue weighted by Gasteiger charge is 2.38. The Bertz CT molecular complexity index is 650. The quantitative estimate of drug-likeness (QED) is 0.904. The summed E-state index contributed by atoms with van der Waals surface area (Å²) < 4.78 is 0. The molecule has 0 amide bonds. The van der Waals surface area contributed by atoms with Gasteiger partial charge in [0.1, 0.15) is 0 Å². The highest BCUT2D eigenvalue weighted by atomic mass is 15.0. The number of nitrogens with one attached hydrogen (secondary N) is 1. The molecule has 0 saturated carbocycles. The Morgan fingerprint density at radius 2 is 1.71 bits per heavy atom. The monoisotopic (exact) mass is 277 g/mol. The van der Waals surface area contributed by atoms with Crippen molar-refractivity contribution in [2.24, 2.45) is 0 Å². The topological polar surface area (TPSA) is 12.0 Å². The number of benzene rings is 2. The van der Waals surface area contributed by atoms with Crippen molar-refractivity contribution in [3.05, 3.63) is 70.3 Å². The zero-order valence-corrected chi connectivity index (χ0v) is 12.8. The molecule has 2 aromatic carbocycles. The van der Waals surface area contributed by atoms with Crippen molar-refractivity contribution in [1.29, 1.82) is 0 Å². The van der Waals surface area contributed by atoms with Gasteiger partial charge in [-0.15, -0.1) is 0 Å². The van der Waals surface area contributed by atoms with Crippen LogP contribution in [0.4, 0.5) is 0 Å². The standard InChI is InChI=1S/C20H23N/c1-15-5-9-19(10-6-15)20(13-21-14-20)12-16-7-8-17-3-2-4-18(17)11-16/h5-11,21H,2-4,12-14H2,1H3. The minimum atomic E-state index is 0.306. The number of fused-ring (bicyclic) bond motifs is 1. The molecule has 0 spiro atoms. The Morgan fingerprint density at radius 1 is 0.952 bits per heavy atom. The summed E-state index contributed by atoms with van der Waals surface area (Å²) in [7, 11) is 0. The number of hydrogen-bond acceptors (Lipinski definition) is 1. The van der Waals surface area contributed by atoms with Gasteiger partial charge in [-0.2, -0.15) is 0 Å². The van der Waals surface area contributed by atoms with E-state index < -0.39 is 0 Å². The third kappa shape index (κ3) is 2.30. The van der Waals surface area contributed by atoms with Crippen LogP contribution >= 0.6 is 0 Å². The smallest absolute Gasteiger partial charge is 0.0242 e. The molecular formula is C20H23N. The van der Waals surface area contributed by atoms with Gasteiger partial charge in [0.05, 0.1) is 0 Å². The van der Waals surface area contributed by atoms with Crippen LogP contribution in [-0.4, -0.2) is 13.1 Å². The lowest BCUT2D eigenvalue weighted by atomic mass is 9.70. The first-order valence-electron chi connectivity index (χ1n) is 8.14. The van der Waals surface area contributed by atoms with E-state index in [1.807, 2.05) is 0 Å². The molecular weight excluding hydrogens is 254 g/mol. The molecule has 1 fully saturated rings. The average Bonchev–Trinajstić information content (AvgIpc) is 2.91. The van der Waals surface area contributed by atoms with Gasteiger partial charge < -0.3 is 5.32 Å². The number of rotatable bonds is 3. The lowest BCUT2D eigenvalue weighted by Gasteiger charge is -2.43. The van der Waals surface area contributed by atoms with E-state index in [1.54, 1.807) is 11.1 Å². The first-order chi connectivity index (χ1) is 10.3. The maximum absolute atomic E-state index is 3.49. The summed E-state index contributed by atoms with van der Waals surface area (Å²) in [5.74, 6) is 0. The molecule has 0 atom stereocenters. The lowest BCUT2D eigenvalue weighted by molar-refractivity contribution is 0.274. The fourth-order valence-corrected chi connectivity index (χ4v) is 3.89. The minimum absolute atomic E-state index is 0.306. The fourth-order valence-electron chi connectivity index (χ4n) is 3.89. The van der Waals surface area contributed by atoms with Gasteiger partial charge >= 0.3 is 0 Å². The van der Waals surface area contributed by atoms with Crippen LogP contribution < -0.4 is 5.32 Å². The molecule has 1 saturated heterocycles. The van der Waals surface area contributed by atoms with E-state index in [2.05, 4.69) is 54.7 Å². The average molecular weight is 277 g/mol. The predicted molar refractivity (Wildman–Crippen MR) is 87.9 cm³/mol. The van der Waals surface area contributed by atoms with Gasteiger partial charge in [-0.25, -0.2) is 0 Å². The molecule has 1 N–H and O–H groups in total. The van der Waals surface area contributed by atoms with E-state index in [0.717, 1.165) is 19.5 Å². The number of aryl methyl sites for hydroxylation is 3. The van der Waals surface area contributed by atoms with Crippen LogP contribution in [0.5, 0.6) is 0 Å². The molecule has 1 nitrogen and oxygen atoms in total. The van der Waals surface area contributed by atoms with Crippen LogP contribution in [0.1, 0.15) is 34.2 Å². The third-order valence-corrected chi connectivity index (χ3v) is 5.30. The molecule has 0 aromatic heterocycles. The molecule has 0 bridgehead atoms. The highest BCUT2D eigenvalue weighted by Crippen LogP contribution is 2.34. The Kier molecular flexibility index (Phi) is 3.11. The highest BCUT2D eigenvalue weighted by molar-refractivity contribution is 5.39. The third-order valence-electron chi connectivity index (χ3n) is 5.30. The van der Waals surface area contributed by atoms with E-state index in [4.69, 9.17) is 0 Å². The first kappa shape index (κ1) is 13.1. The van der Waals surface area contributed by atoms with E-state index in [-0.39, 0.29) is 0 Å². The SMILES string of the molecule is Cc1ccc(C2(Cc3ccc4c(c3)CCC4)CNC2)cc1. The molecule has 0 unspecified atom stereocenters. The second-order valence-corrected chi connectivity index (χ2v) is 6.88. The zero-order valence-electron chi connectivity index (χ0n) is 12.8. The summed E-state index contributed by atoms with van der Waals surface area (Å²) in [4.78, 5) is 0. The molecule has 1 aliphatic heterocycles. The summed E-state index contributed by atoms with van der Waals surface area (Å²) >= 11 is 0. The van der Waals surface area contributed by atoms with Crippen LogP contribution in [0.15, 0.2) is 42.5 Å². The fraction of sp³-hybridized carbons (Fsp3) is 0.400. The van der Waals surface area contributed by atoms with Crippen LogP contribution in [0.3, 0.4) is 0 Å². The van der Waals surface area contributed by atoms with Gasteiger partial charge in [-0.1, -0.05) is 48.0 Å². The molecule has 2 aliphatic rings. The van der Waals surface area contributed by atoms with E-state index in [0.29, 0.717) is 5.41 Å². The van der Waals surface area contributed by atoms with Crippen molar-refractivity contribution >= 4 is 0 Å². The summed E-state index contributed by atoms with van der Waals surface area (Å²) in [5.41, 5.74) is 7.83. The van der Waals surface area contributed by atoms with Crippen LogP contribution in [0, 0.1) is 6.92 Å². The first-order valence-corrected chi connectivity index (χ1v) is 8.14. The van der Waals surface area contributed by atoms with E-state index in [9.17, 15) is 0 Å². The normalized spacial score (nSPS) is 19.1. The van der Waals surface area contributed by atoms with E-state index in [1.165, 1.54) is 36.0 Å². The maximum Gasteiger partial charge on any atom is 0.0242 e. The zero-order chi connectivity index (χ0) is 14.3. The van der Waals surface area contributed by atoms with Crippen molar-refractivity contribution in [3.8, 4) is 0 Å². The van der Waals surface area contributed by atoms with E-state index >= 15 is 0 Å². The van der Waals surface area contributed by atoms with Crippen molar-refractivity contribution in [2.45, 2.75) is 38.0 Å². The molecule has 2 aromatic rings. The second-order valence-electron chi connectivity index (χ2n) is 6.88. The molecule has 108 valence electrons. The molecule has 0 radical (unpaired) electrons. The summed E-state index contributed by atoms with van der Waals surface area (Å²) in [6.07, 6.45) is 5.05. The van der Waals surface area contributed by atoms with Crippen molar-refractivity contribution < 1.29 is 0 Å². The molecule has 4 rings (SSSR count). The van der Waals surface area contributed by atoms with Gasteiger partial charge in [0.2, 0.25) is 0 Å². The van der Waals surface area contributed by atoms with Gasteiger partial charge in [-0.05, 0) is 54.9 Å². The Labute approximate surface area is 127 Å². The van der Waals surface area contributed by atoms with Gasteiger partial charge in [0, 0.05) is 18.5 Å². The Hall–Kier alpha value is -1.60. The summed E-state index contributed by atoms with van der Waals surface area (Å²) in [5, 5.41) is 3.49. The van der Waals surface area contributed by atoms with Crippen molar-refractivity contribution in [3.63, 3.8) is 0 Å². The Morgan fingerprint density at radius 3 is 2.43 bits per heavy atom. The second kappa shape index (κ2) is 4.99. The minimum Gasteiger partial charge on any atom is -0.315 e. The van der Waals surface area contributed by atoms with Crippen LogP contribution in [0.25, 0.3) is 0 Å². The lowest BCUT2D eigenvalue weighted by Crippen LogP contribution is -2.58. The summed E-state index contributed by atoms with van der Waals surface area (Å²) in [6, 6.07) is 16.3. The summed E-state index contributed by atoms with van der Waals surface area (Å²) in [6.45, 7) is 4.37. The number of hydrogen-bond donors (Lipinski definition) is 1.